The van der Waals surface area contributed by atoms with Gasteiger partial charge < -0.3 is 19.9 Å². The maximum absolute atomic E-state index is 14.0. The van der Waals surface area contributed by atoms with E-state index in [4.69, 9.17) is 4.74 Å². The summed E-state index contributed by atoms with van der Waals surface area (Å²) in [6.45, 7) is 14.2. The molecular formula is C30H39N3O5. The molecule has 0 saturated heterocycles. The summed E-state index contributed by atoms with van der Waals surface area (Å²) in [6, 6.07) is 11.5. The number of anilines is 2. The first-order valence-electron chi connectivity index (χ1n) is 13.0. The van der Waals surface area contributed by atoms with Crippen LogP contribution >= 0.6 is 0 Å². The number of ether oxygens (including phenoxy) is 1. The van der Waals surface area contributed by atoms with Gasteiger partial charge in [-0.2, -0.15) is 0 Å². The molecule has 1 atom stereocenters. The van der Waals surface area contributed by atoms with Crippen molar-refractivity contribution in [2.75, 3.05) is 22.9 Å². The Morgan fingerprint density at radius 3 is 2.26 bits per heavy atom. The average molecular weight is 522 g/mol. The molecular weight excluding hydrogens is 482 g/mol. The number of carbonyl (C=O) groups excluding carboxylic acids is 4. The van der Waals surface area contributed by atoms with Crippen LogP contribution in [0, 0.1) is 19.3 Å². The van der Waals surface area contributed by atoms with Gasteiger partial charge in [-0.1, -0.05) is 51.1 Å². The van der Waals surface area contributed by atoms with Gasteiger partial charge in [0.1, 0.15) is 11.6 Å². The molecule has 0 spiro atoms. The second kappa shape index (κ2) is 11.0. The molecule has 0 bridgehead atoms. The van der Waals surface area contributed by atoms with E-state index in [1.807, 2.05) is 52.8 Å². The van der Waals surface area contributed by atoms with E-state index in [0.29, 0.717) is 23.4 Å². The van der Waals surface area contributed by atoms with Crippen molar-refractivity contribution in [3.63, 3.8) is 0 Å². The number of benzene rings is 2. The first-order valence-corrected chi connectivity index (χ1v) is 13.0. The number of carbonyl (C=O) groups is 4. The second-order valence-electron chi connectivity index (χ2n) is 11.5. The molecule has 38 heavy (non-hydrogen) atoms. The van der Waals surface area contributed by atoms with Gasteiger partial charge in [-0.15, -0.1) is 0 Å². The Hall–Kier alpha value is -3.68. The van der Waals surface area contributed by atoms with Crippen molar-refractivity contribution < 1.29 is 23.9 Å². The van der Waals surface area contributed by atoms with Gasteiger partial charge in [0.2, 0.25) is 5.91 Å². The number of nitrogens with zero attached hydrogens (tertiary/aromatic N) is 2. The second-order valence-corrected chi connectivity index (χ2v) is 11.5. The zero-order chi connectivity index (χ0) is 28.4. The molecule has 204 valence electrons. The lowest BCUT2D eigenvalue weighted by Gasteiger charge is -2.32. The van der Waals surface area contributed by atoms with Crippen molar-refractivity contribution in [2.45, 2.75) is 73.5 Å². The number of alkyl carbamates (subject to hydrolysis) is 1. The third kappa shape index (κ3) is 6.41. The lowest BCUT2D eigenvalue weighted by atomic mass is 9.88. The summed E-state index contributed by atoms with van der Waals surface area (Å²) >= 11 is 0. The molecule has 1 N–H and O–H groups in total. The minimum absolute atomic E-state index is 0.0918. The Bertz CT molecular complexity index is 1240. The van der Waals surface area contributed by atoms with Crippen LogP contribution in [0.4, 0.5) is 16.2 Å². The number of ketones is 1. The van der Waals surface area contributed by atoms with Gasteiger partial charge in [-0.25, -0.2) is 4.79 Å². The number of fused-ring (bicyclic) bond motifs is 1. The van der Waals surface area contributed by atoms with Crippen LogP contribution < -0.4 is 15.1 Å². The minimum atomic E-state index is -1.13. The fourth-order valence-electron chi connectivity index (χ4n) is 4.29. The van der Waals surface area contributed by atoms with Gasteiger partial charge in [0.05, 0.1) is 24.5 Å². The van der Waals surface area contributed by atoms with Gasteiger partial charge in [-0.3, -0.25) is 14.4 Å². The number of hydrogen-bond acceptors (Lipinski definition) is 5. The Morgan fingerprint density at radius 2 is 1.66 bits per heavy atom. The van der Waals surface area contributed by atoms with Gasteiger partial charge >= 0.3 is 6.09 Å². The van der Waals surface area contributed by atoms with Crippen molar-refractivity contribution in [3.05, 3.63) is 59.2 Å². The van der Waals surface area contributed by atoms with Crippen molar-refractivity contribution in [2.24, 2.45) is 5.41 Å². The Morgan fingerprint density at radius 1 is 1.00 bits per heavy atom. The van der Waals surface area contributed by atoms with Crippen LogP contribution in [-0.2, 0) is 14.3 Å². The maximum Gasteiger partial charge on any atom is 0.408 e. The molecule has 0 aliphatic carbocycles. The molecule has 2 aromatic rings. The summed E-state index contributed by atoms with van der Waals surface area (Å²) in [5.41, 5.74) is 1.65. The summed E-state index contributed by atoms with van der Waals surface area (Å²) < 4.78 is 5.42. The van der Waals surface area contributed by atoms with Crippen LogP contribution in [0.15, 0.2) is 42.5 Å². The van der Waals surface area contributed by atoms with E-state index in [0.717, 1.165) is 11.1 Å². The van der Waals surface area contributed by atoms with E-state index in [2.05, 4.69) is 5.32 Å². The summed E-state index contributed by atoms with van der Waals surface area (Å²) in [4.78, 5) is 57.0. The first-order chi connectivity index (χ1) is 17.6. The van der Waals surface area contributed by atoms with Crippen LogP contribution in [0.2, 0.25) is 0 Å². The molecule has 0 aromatic heterocycles. The zero-order valence-corrected chi connectivity index (χ0v) is 23.7. The lowest BCUT2D eigenvalue weighted by Crippen LogP contribution is -2.55. The van der Waals surface area contributed by atoms with Gasteiger partial charge in [0.15, 0.2) is 5.78 Å². The van der Waals surface area contributed by atoms with Crippen LogP contribution in [0.3, 0.4) is 0 Å². The molecule has 1 aliphatic heterocycles. The number of nitrogens with one attached hydrogen (secondary N) is 1. The highest BCUT2D eigenvalue weighted by Gasteiger charge is 2.41. The lowest BCUT2D eigenvalue weighted by molar-refractivity contribution is -0.127. The third-order valence-electron chi connectivity index (χ3n) is 6.79. The SMILES string of the molecule is CCC(C)(C)C(=O)N1CC(NC(=O)OC(C)(C)C)C(=O)N(CC(=O)c2ccccc2C)c2cc(C)ccc21. The predicted octanol–water partition coefficient (Wildman–Crippen LogP) is 5.20. The molecule has 0 fully saturated rings. The van der Waals surface area contributed by atoms with E-state index in [9.17, 15) is 19.2 Å². The van der Waals surface area contributed by atoms with Crippen molar-refractivity contribution in [1.29, 1.82) is 0 Å². The number of aryl methyl sites for hydroxylation is 2. The smallest absolute Gasteiger partial charge is 0.408 e. The average Bonchev–Trinajstić information content (AvgIpc) is 2.93. The predicted molar refractivity (Wildman–Crippen MR) is 149 cm³/mol. The van der Waals surface area contributed by atoms with Gasteiger partial charge in [0.25, 0.3) is 5.91 Å². The third-order valence-corrected chi connectivity index (χ3v) is 6.79. The highest BCUT2D eigenvalue weighted by atomic mass is 16.6. The van der Waals surface area contributed by atoms with Gasteiger partial charge in [0, 0.05) is 11.0 Å². The topological polar surface area (TPSA) is 96.0 Å². The highest BCUT2D eigenvalue weighted by molar-refractivity contribution is 6.13. The summed E-state index contributed by atoms with van der Waals surface area (Å²) in [7, 11) is 0. The first kappa shape index (κ1) is 28.9. The molecule has 3 amide bonds. The molecule has 0 saturated carbocycles. The fraction of sp³-hybridized carbons (Fsp3) is 0.467. The van der Waals surface area contributed by atoms with Gasteiger partial charge in [-0.05, 0) is 64.3 Å². The maximum atomic E-state index is 14.0. The van der Waals surface area contributed by atoms with Crippen LogP contribution in [0.1, 0.15) is 69.4 Å². The van der Waals surface area contributed by atoms with E-state index < -0.39 is 29.1 Å². The number of amides is 3. The standard InChI is InChI=1S/C30H39N3O5/c1-9-30(7,8)27(36)33-17-22(31-28(37)38-29(4,5)6)26(35)32(24-16-19(2)14-15-23(24)33)18-25(34)21-13-11-10-12-20(21)3/h10-16,22H,9,17-18H2,1-8H3,(H,31,37). The molecule has 1 unspecified atom stereocenters. The van der Waals surface area contributed by atoms with Crippen molar-refractivity contribution >= 4 is 35.1 Å². The van der Waals surface area contributed by atoms with E-state index in [1.54, 1.807) is 49.9 Å². The van der Waals surface area contributed by atoms with E-state index in [-0.39, 0.29) is 24.8 Å². The largest absolute Gasteiger partial charge is 0.444 e. The van der Waals surface area contributed by atoms with Crippen LogP contribution in [-0.4, -0.2) is 48.4 Å². The zero-order valence-electron chi connectivity index (χ0n) is 23.7. The Labute approximate surface area is 225 Å². The van der Waals surface area contributed by atoms with Crippen LogP contribution in [0.5, 0.6) is 0 Å². The number of rotatable bonds is 6. The molecule has 0 radical (unpaired) electrons. The summed E-state index contributed by atoms with van der Waals surface area (Å²) in [5.74, 6) is -0.913. The number of Topliss-reactive ketones (excluding diaryl/α,β-unsaturated/α-hetero) is 1. The van der Waals surface area contributed by atoms with E-state index in [1.165, 1.54) is 4.90 Å². The quantitative estimate of drug-likeness (QED) is 0.528. The summed E-state index contributed by atoms with van der Waals surface area (Å²) in [5, 5.41) is 2.67. The fourth-order valence-corrected chi connectivity index (χ4v) is 4.29. The van der Waals surface area contributed by atoms with Crippen molar-refractivity contribution in [3.8, 4) is 0 Å². The van der Waals surface area contributed by atoms with Crippen LogP contribution in [0.25, 0.3) is 0 Å². The molecule has 1 aliphatic rings. The normalized spacial score (nSPS) is 16.0. The van der Waals surface area contributed by atoms with Crippen molar-refractivity contribution in [1.82, 2.24) is 5.32 Å². The molecule has 2 aromatic carbocycles. The van der Waals surface area contributed by atoms with E-state index >= 15 is 0 Å². The monoisotopic (exact) mass is 521 g/mol. The highest BCUT2D eigenvalue weighted by Crippen LogP contribution is 2.37. The number of hydrogen-bond donors (Lipinski definition) is 1. The molecule has 1 heterocycles. The summed E-state index contributed by atoms with van der Waals surface area (Å²) in [6.07, 6.45) is -0.192. The Balaban J connectivity index is 2.13. The molecule has 8 heteroatoms. The Kier molecular flexibility index (Phi) is 8.34. The molecule has 3 rings (SSSR count). The minimum Gasteiger partial charge on any atom is -0.444 e. The molecule has 8 nitrogen and oxygen atoms in total.